The van der Waals surface area contributed by atoms with E-state index in [1.54, 1.807) is 6.20 Å². The number of nitrogens with zero attached hydrogens (tertiary/aromatic N) is 2. The van der Waals surface area contributed by atoms with Gasteiger partial charge in [-0.3, -0.25) is 9.78 Å². The molecule has 0 spiro atoms. The second-order valence-electron chi connectivity index (χ2n) is 5.91. The van der Waals surface area contributed by atoms with Crippen LogP contribution < -0.4 is 10.6 Å². The van der Waals surface area contributed by atoms with Crippen LogP contribution in [-0.4, -0.2) is 28.5 Å². The van der Waals surface area contributed by atoms with Gasteiger partial charge in [0, 0.05) is 12.6 Å². The standard InChI is InChI=1S/C16H26N4O/c1-3-9-18-15-11-17-10-14(19-15)16(21)20-13-8-6-4-5-7-12(13)2/h10-13H,3-9H2,1-2H3,(H,18,19)(H,20,21). The molecule has 2 atom stereocenters. The average Bonchev–Trinajstić information content (AvgIpc) is 2.70. The molecule has 2 rings (SSSR count). The van der Waals surface area contributed by atoms with Gasteiger partial charge in [-0.05, 0) is 25.2 Å². The molecule has 5 heteroatoms. The fraction of sp³-hybridized carbons (Fsp3) is 0.688. The first kappa shape index (κ1) is 15.7. The zero-order chi connectivity index (χ0) is 15.1. The Morgan fingerprint density at radius 1 is 1.29 bits per heavy atom. The van der Waals surface area contributed by atoms with Crippen LogP contribution >= 0.6 is 0 Å². The van der Waals surface area contributed by atoms with Gasteiger partial charge in [-0.1, -0.05) is 33.1 Å². The van der Waals surface area contributed by atoms with Crippen LogP contribution in [0.4, 0.5) is 5.82 Å². The van der Waals surface area contributed by atoms with Gasteiger partial charge in [0.2, 0.25) is 0 Å². The second-order valence-corrected chi connectivity index (χ2v) is 5.91. The summed E-state index contributed by atoms with van der Waals surface area (Å²) in [5.74, 6) is 1.09. The van der Waals surface area contributed by atoms with Crippen molar-refractivity contribution in [1.29, 1.82) is 0 Å². The van der Waals surface area contributed by atoms with Crippen molar-refractivity contribution in [1.82, 2.24) is 15.3 Å². The van der Waals surface area contributed by atoms with Crippen molar-refractivity contribution < 1.29 is 4.79 Å². The van der Waals surface area contributed by atoms with Gasteiger partial charge in [0.15, 0.2) is 0 Å². The molecule has 5 nitrogen and oxygen atoms in total. The van der Waals surface area contributed by atoms with E-state index in [1.807, 2.05) is 0 Å². The molecule has 116 valence electrons. The molecule has 1 aromatic heterocycles. The van der Waals surface area contributed by atoms with E-state index in [0.717, 1.165) is 19.4 Å². The van der Waals surface area contributed by atoms with Crippen molar-refractivity contribution in [3.63, 3.8) is 0 Å². The van der Waals surface area contributed by atoms with Crippen molar-refractivity contribution in [2.75, 3.05) is 11.9 Å². The molecule has 2 N–H and O–H groups in total. The lowest BCUT2D eigenvalue weighted by Gasteiger charge is -2.22. The lowest BCUT2D eigenvalue weighted by molar-refractivity contribution is 0.0916. The first-order valence-corrected chi connectivity index (χ1v) is 8.07. The summed E-state index contributed by atoms with van der Waals surface area (Å²) in [7, 11) is 0. The van der Waals surface area contributed by atoms with Crippen LogP contribution in [0.5, 0.6) is 0 Å². The largest absolute Gasteiger partial charge is 0.369 e. The van der Waals surface area contributed by atoms with Crippen LogP contribution in [-0.2, 0) is 0 Å². The van der Waals surface area contributed by atoms with E-state index in [4.69, 9.17) is 0 Å². The number of amides is 1. The third kappa shape index (κ3) is 4.69. The van der Waals surface area contributed by atoms with Crippen LogP contribution in [0.2, 0.25) is 0 Å². The number of carbonyl (C=O) groups is 1. The van der Waals surface area contributed by atoms with Gasteiger partial charge < -0.3 is 10.6 Å². The molecule has 0 aliphatic heterocycles. The van der Waals surface area contributed by atoms with Crippen LogP contribution in [0.1, 0.15) is 62.9 Å². The Kier molecular flexibility index (Phi) is 5.96. The Hall–Kier alpha value is -1.65. The van der Waals surface area contributed by atoms with E-state index in [0.29, 0.717) is 17.4 Å². The smallest absolute Gasteiger partial charge is 0.271 e. The highest BCUT2D eigenvalue weighted by atomic mass is 16.1. The minimum atomic E-state index is -0.110. The van der Waals surface area contributed by atoms with E-state index < -0.39 is 0 Å². The van der Waals surface area contributed by atoms with Gasteiger partial charge in [0.1, 0.15) is 11.5 Å². The van der Waals surface area contributed by atoms with Crippen molar-refractivity contribution in [3.8, 4) is 0 Å². The molecule has 1 aliphatic rings. The van der Waals surface area contributed by atoms with Crippen LogP contribution in [0.3, 0.4) is 0 Å². The summed E-state index contributed by atoms with van der Waals surface area (Å²) in [6, 6.07) is 0.258. The summed E-state index contributed by atoms with van der Waals surface area (Å²) in [4.78, 5) is 20.8. The third-order valence-corrected chi connectivity index (χ3v) is 4.10. The summed E-state index contributed by atoms with van der Waals surface area (Å²) in [5.41, 5.74) is 0.396. The zero-order valence-electron chi connectivity index (χ0n) is 13.1. The van der Waals surface area contributed by atoms with Gasteiger partial charge in [0.25, 0.3) is 5.91 Å². The molecule has 1 heterocycles. The fourth-order valence-electron chi connectivity index (χ4n) is 2.76. The predicted molar refractivity (Wildman–Crippen MR) is 84.3 cm³/mol. The highest BCUT2D eigenvalue weighted by molar-refractivity contribution is 5.92. The van der Waals surface area contributed by atoms with Crippen molar-refractivity contribution >= 4 is 11.7 Å². The summed E-state index contributed by atoms with van der Waals surface area (Å²) in [5, 5.41) is 6.30. The number of carbonyl (C=O) groups excluding carboxylic acids is 1. The number of hydrogen-bond acceptors (Lipinski definition) is 4. The van der Waals surface area contributed by atoms with Crippen LogP contribution in [0.25, 0.3) is 0 Å². The Bertz CT molecular complexity index is 463. The SMILES string of the molecule is CCCNc1cncc(C(=O)NC2CCCCCC2C)n1. The van der Waals surface area contributed by atoms with Gasteiger partial charge in [-0.15, -0.1) is 0 Å². The Morgan fingerprint density at radius 2 is 2.10 bits per heavy atom. The summed E-state index contributed by atoms with van der Waals surface area (Å²) in [6.45, 7) is 5.14. The van der Waals surface area contributed by atoms with Crippen LogP contribution in [0.15, 0.2) is 12.4 Å². The summed E-state index contributed by atoms with van der Waals surface area (Å²) < 4.78 is 0. The number of rotatable bonds is 5. The second kappa shape index (κ2) is 7.96. The first-order chi connectivity index (χ1) is 10.2. The first-order valence-electron chi connectivity index (χ1n) is 8.07. The van der Waals surface area contributed by atoms with Crippen molar-refractivity contribution in [2.24, 2.45) is 5.92 Å². The molecule has 0 aromatic carbocycles. The third-order valence-electron chi connectivity index (χ3n) is 4.10. The Morgan fingerprint density at radius 3 is 2.90 bits per heavy atom. The maximum Gasteiger partial charge on any atom is 0.271 e. The van der Waals surface area contributed by atoms with E-state index >= 15 is 0 Å². The lowest BCUT2D eigenvalue weighted by Crippen LogP contribution is -2.39. The van der Waals surface area contributed by atoms with Gasteiger partial charge >= 0.3 is 0 Å². The Labute approximate surface area is 127 Å². The molecular formula is C16H26N4O. The monoisotopic (exact) mass is 290 g/mol. The highest BCUT2D eigenvalue weighted by Gasteiger charge is 2.22. The van der Waals surface area contributed by atoms with Crippen molar-refractivity contribution in [2.45, 2.75) is 58.4 Å². The van der Waals surface area contributed by atoms with Gasteiger partial charge in [0.05, 0.1) is 12.4 Å². The maximum absolute atomic E-state index is 12.4. The van der Waals surface area contributed by atoms with Crippen LogP contribution in [0, 0.1) is 5.92 Å². The average molecular weight is 290 g/mol. The van der Waals surface area contributed by atoms with E-state index in [9.17, 15) is 4.79 Å². The molecule has 21 heavy (non-hydrogen) atoms. The topological polar surface area (TPSA) is 66.9 Å². The zero-order valence-corrected chi connectivity index (χ0v) is 13.1. The lowest BCUT2D eigenvalue weighted by atomic mass is 9.97. The molecule has 0 radical (unpaired) electrons. The molecule has 2 unspecified atom stereocenters. The molecule has 1 aliphatic carbocycles. The quantitative estimate of drug-likeness (QED) is 0.818. The molecule has 1 aromatic rings. The minimum absolute atomic E-state index is 0.110. The minimum Gasteiger partial charge on any atom is -0.369 e. The molecule has 1 saturated carbocycles. The van der Waals surface area contributed by atoms with Crippen molar-refractivity contribution in [3.05, 3.63) is 18.1 Å². The maximum atomic E-state index is 12.4. The fourth-order valence-corrected chi connectivity index (χ4v) is 2.76. The molecular weight excluding hydrogens is 264 g/mol. The number of aromatic nitrogens is 2. The number of anilines is 1. The summed E-state index contributed by atoms with van der Waals surface area (Å²) in [6.07, 6.45) is 10.2. The molecule has 0 bridgehead atoms. The normalized spacial score (nSPS) is 22.4. The Balaban J connectivity index is 1.98. The highest BCUT2D eigenvalue weighted by Crippen LogP contribution is 2.23. The van der Waals surface area contributed by atoms with Gasteiger partial charge in [-0.2, -0.15) is 0 Å². The molecule has 0 saturated heterocycles. The molecule has 1 fully saturated rings. The van der Waals surface area contributed by atoms with E-state index in [-0.39, 0.29) is 11.9 Å². The van der Waals surface area contributed by atoms with E-state index in [2.05, 4.69) is 34.4 Å². The molecule has 1 amide bonds. The number of hydrogen-bond donors (Lipinski definition) is 2. The predicted octanol–water partition coefficient (Wildman–Crippen LogP) is 3.00. The summed E-state index contributed by atoms with van der Waals surface area (Å²) >= 11 is 0. The van der Waals surface area contributed by atoms with E-state index in [1.165, 1.54) is 31.9 Å². The van der Waals surface area contributed by atoms with Gasteiger partial charge in [-0.25, -0.2) is 4.98 Å². The number of nitrogens with one attached hydrogen (secondary N) is 2.